The van der Waals surface area contributed by atoms with Gasteiger partial charge in [0, 0.05) is 22.8 Å². The lowest BCUT2D eigenvalue weighted by Gasteiger charge is -2.32. The molecule has 21 heavy (non-hydrogen) atoms. The van der Waals surface area contributed by atoms with E-state index in [0.717, 1.165) is 15.5 Å². The number of nitrogen functional groups attached to an aromatic ring is 1. The van der Waals surface area contributed by atoms with Crippen LogP contribution in [0.1, 0.15) is 33.3 Å². The van der Waals surface area contributed by atoms with Crippen LogP contribution in [0.3, 0.4) is 0 Å². The third kappa shape index (κ3) is 3.31. The molecule has 0 unspecified atom stereocenters. The van der Waals surface area contributed by atoms with E-state index < -0.39 is 18.3 Å². The minimum Gasteiger partial charge on any atom is -0.400 e. The number of halogens is 1. The molecule has 0 saturated carbocycles. The summed E-state index contributed by atoms with van der Waals surface area (Å²) in [7, 11) is -0.474. The number of hydrogen-bond donors (Lipinski definition) is 2. The van der Waals surface area contributed by atoms with Crippen LogP contribution < -0.4 is 11.5 Å². The zero-order valence-corrected chi connectivity index (χ0v) is 14.4. The van der Waals surface area contributed by atoms with E-state index in [9.17, 15) is 0 Å². The Morgan fingerprint density at radius 3 is 2.43 bits per heavy atom. The van der Waals surface area contributed by atoms with E-state index >= 15 is 0 Å². The van der Waals surface area contributed by atoms with Crippen molar-refractivity contribution in [3.05, 3.63) is 27.8 Å². The SMILES string of the molecule is CC1(C)OB(C(=Cc2cc(Br)cnc2N)CN)OC1(C)C. The Balaban J connectivity index is 2.33. The molecule has 0 bridgehead atoms. The van der Waals surface area contributed by atoms with Crippen LogP contribution in [0.15, 0.2) is 22.2 Å². The second-order valence-electron chi connectivity index (χ2n) is 6.14. The summed E-state index contributed by atoms with van der Waals surface area (Å²) in [5, 5.41) is 0. The largest absolute Gasteiger partial charge is 0.491 e. The van der Waals surface area contributed by atoms with Gasteiger partial charge in [0.2, 0.25) is 0 Å². The van der Waals surface area contributed by atoms with Crippen LogP contribution in [0, 0.1) is 0 Å². The van der Waals surface area contributed by atoms with E-state index in [0.29, 0.717) is 12.4 Å². The number of rotatable bonds is 3. The number of aromatic nitrogens is 1. The smallest absolute Gasteiger partial charge is 0.400 e. The van der Waals surface area contributed by atoms with Gasteiger partial charge in [0.15, 0.2) is 0 Å². The van der Waals surface area contributed by atoms with Crippen molar-refractivity contribution in [3.8, 4) is 0 Å². The fourth-order valence-corrected chi connectivity index (χ4v) is 2.35. The van der Waals surface area contributed by atoms with Gasteiger partial charge in [-0.3, -0.25) is 0 Å². The standard InChI is InChI=1S/C14H21BBrN3O2/c1-13(2)14(3,4)21-15(20-13)10(7-17)5-9-6-11(16)8-19-12(9)18/h5-6,8H,7,17H2,1-4H3,(H2,18,19). The zero-order valence-electron chi connectivity index (χ0n) is 12.8. The zero-order chi connectivity index (χ0) is 15.8. The van der Waals surface area contributed by atoms with Gasteiger partial charge in [0.05, 0.1) is 11.2 Å². The van der Waals surface area contributed by atoms with Crippen molar-refractivity contribution < 1.29 is 9.31 Å². The average molecular weight is 354 g/mol. The molecule has 0 spiro atoms. The molecule has 1 fully saturated rings. The molecule has 1 aliphatic heterocycles. The molecule has 0 aliphatic carbocycles. The third-order valence-corrected chi connectivity index (χ3v) is 4.48. The molecule has 7 heteroatoms. The Bertz CT molecular complexity index is 559. The molecule has 4 N–H and O–H groups in total. The minimum absolute atomic E-state index is 0.322. The van der Waals surface area contributed by atoms with Gasteiger partial charge in [0.1, 0.15) is 5.82 Å². The molecular weight excluding hydrogens is 333 g/mol. The molecule has 2 heterocycles. The number of pyridine rings is 1. The number of nitrogens with zero attached hydrogens (tertiary/aromatic N) is 1. The lowest BCUT2D eigenvalue weighted by Crippen LogP contribution is -2.41. The molecule has 1 aliphatic rings. The number of anilines is 1. The highest BCUT2D eigenvalue weighted by Gasteiger charge is 2.52. The van der Waals surface area contributed by atoms with Crippen LogP contribution in [0.5, 0.6) is 0 Å². The van der Waals surface area contributed by atoms with Crippen LogP contribution in [-0.2, 0) is 9.31 Å². The van der Waals surface area contributed by atoms with E-state index in [1.165, 1.54) is 0 Å². The predicted molar refractivity (Wildman–Crippen MR) is 89.5 cm³/mol. The molecule has 5 nitrogen and oxygen atoms in total. The molecule has 1 aromatic rings. The fraction of sp³-hybridized carbons (Fsp3) is 0.500. The molecule has 1 aromatic heterocycles. The number of nitrogens with two attached hydrogens (primary N) is 2. The molecule has 2 rings (SSSR count). The maximum absolute atomic E-state index is 6.02. The van der Waals surface area contributed by atoms with Gasteiger partial charge in [-0.25, -0.2) is 4.98 Å². The highest BCUT2D eigenvalue weighted by Crippen LogP contribution is 2.38. The van der Waals surface area contributed by atoms with Gasteiger partial charge in [-0.2, -0.15) is 0 Å². The lowest BCUT2D eigenvalue weighted by atomic mass is 9.77. The second-order valence-corrected chi connectivity index (χ2v) is 7.06. The summed E-state index contributed by atoms with van der Waals surface area (Å²) in [6.45, 7) is 8.36. The van der Waals surface area contributed by atoms with E-state index in [1.54, 1.807) is 6.20 Å². The summed E-state index contributed by atoms with van der Waals surface area (Å²) in [4.78, 5) is 4.11. The van der Waals surface area contributed by atoms with Gasteiger partial charge in [0.25, 0.3) is 0 Å². The van der Waals surface area contributed by atoms with Crippen molar-refractivity contribution in [2.45, 2.75) is 38.9 Å². The molecule has 1 saturated heterocycles. The third-order valence-electron chi connectivity index (χ3n) is 4.05. The first kappa shape index (κ1) is 16.5. The first-order valence-corrected chi connectivity index (χ1v) is 7.63. The monoisotopic (exact) mass is 353 g/mol. The van der Waals surface area contributed by atoms with Crippen LogP contribution in [0.4, 0.5) is 5.82 Å². The van der Waals surface area contributed by atoms with Crippen LogP contribution in [-0.4, -0.2) is 29.8 Å². The van der Waals surface area contributed by atoms with Crippen molar-refractivity contribution in [3.63, 3.8) is 0 Å². The second kappa shape index (κ2) is 5.72. The molecule has 0 amide bonds. The average Bonchev–Trinajstić information content (AvgIpc) is 2.59. The lowest BCUT2D eigenvalue weighted by molar-refractivity contribution is 0.00578. The summed E-state index contributed by atoms with van der Waals surface area (Å²) in [5.41, 5.74) is 12.6. The Labute approximate surface area is 134 Å². The number of hydrogen-bond acceptors (Lipinski definition) is 5. The van der Waals surface area contributed by atoms with Crippen LogP contribution >= 0.6 is 15.9 Å². The van der Waals surface area contributed by atoms with Crippen LogP contribution in [0.25, 0.3) is 6.08 Å². The summed E-state index contributed by atoms with van der Waals surface area (Å²) in [6, 6.07) is 1.89. The topological polar surface area (TPSA) is 83.4 Å². The fourth-order valence-electron chi connectivity index (χ4n) is 2.00. The summed E-state index contributed by atoms with van der Waals surface area (Å²) in [6.07, 6.45) is 3.54. The van der Waals surface area contributed by atoms with Crippen LogP contribution in [0.2, 0.25) is 0 Å². The molecule has 0 atom stereocenters. The highest BCUT2D eigenvalue weighted by atomic mass is 79.9. The summed E-state index contributed by atoms with van der Waals surface area (Å²) in [5.74, 6) is 0.445. The van der Waals surface area contributed by atoms with Gasteiger partial charge in [-0.15, -0.1) is 0 Å². The van der Waals surface area contributed by atoms with E-state index in [-0.39, 0.29) is 0 Å². The predicted octanol–water partition coefficient (Wildman–Crippen LogP) is 2.40. The van der Waals surface area contributed by atoms with Gasteiger partial charge in [-0.1, -0.05) is 6.08 Å². The maximum Gasteiger partial charge on any atom is 0.491 e. The Morgan fingerprint density at radius 1 is 1.33 bits per heavy atom. The van der Waals surface area contributed by atoms with Gasteiger partial charge < -0.3 is 20.8 Å². The first-order chi connectivity index (χ1) is 9.66. The van der Waals surface area contributed by atoms with E-state index in [4.69, 9.17) is 20.8 Å². The van der Waals surface area contributed by atoms with Gasteiger partial charge >= 0.3 is 7.12 Å². The highest BCUT2D eigenvalue weighted by molar-refractivity contribution is 9.10. The maximum atomic E-state index is 6.02. The van der Waals surface area contributed by atoms with Gasteiger partial charge in [-0.05, 0) is 55.2 Å². The van der Waals surface area contributed by atoms with E-state index in [2.05, 4.69) is 20.9 Å². The Morgan fingerprint density at radius 2 is 1.90 bits per heavy atom. The Kier molecular flexibility index (Phi) is 4.49. The molecule has 114 valence electrons. The van der Waals surface area contributed by atoms with Crippen molar-refractivity contribution >= 4 is 34.9 Å². The minimum atomic E-state index is -0.474. The first-order valence-electron chi connectivity index (χ1n) is 6.83. The Hall–Kier alpha value is -0.885. The van der Waals surface area contributed by atoms with Crippen molar-refractivity contribution in [1.29, 1.82) is 0 Å². The molecular formula is C14H21BBrN3O2. The normalized spacial score (nSPS) is 20.9. The van der Waals surface area contributed by atoms with E-state index in [1.807, 2.05) is 39.8 Å². The summed E-state index contributed by atoms with van der Waals surface area (Å²) >= 11 is 3.39. The van der Waals surface area contributed by atoms with Crippen molar-refractivity contribution in [2.75, 3.05) is 12.3 Å². The quantitative estimate of drug-likeness (QED) is 0.815. The van der Waals surface area contributed by atoms with Crippen molar-refractivity contribution in [2.24, 2.45) is 5.73 Å². The molecule has 0 radical (unpaired) electrons. The summed E-state index contributed by atoms with van der Waals surface area (Å²) < 4.78 is 12.9. The molecule has 0 aromatic carbocycles. The van der Waals surface area contributed by atoms with Crippen molar-refractivity contribution in [1.82, 2.24) is 4.98 Å².